The van der Waals surface area contributed by atoms with Gasteiger partial charge in [0.25, 0.3) is 0 Å². The van der Waals surface area contributed by atoms with E-state index in [4.69, 9.17) is 10.3 Å². The number of hydrogen-bond donors (Lipinski definition) is 2. The first kappa shape index (κ1) is 15.2. The Kier molecular flexibility index (Phi) is 4.08. The smallest absolute Gasteiger partial charge is 0.248 e. The molecule has 114 valence electrons. The zero-order valence-electron chi connectivity index (χ0n) is 12.6. The van der Waals surface area contributed by atoms with E-state index in [0.29, 0.717) is 11.6 Å². The van der Waals surface area contributed by atoms with Crippen LogP contribution in [0.4, 0.5) is 5.88 Å². The van der Waals surface area contributed by atoms with Gasteiger partial charge in [-0.3, -0.25) is 10.1 Å². The largest absolute Gasteiger partial charge is 0.338 e. The van der Waals surface area contributed by atoms with E-state index >= 15 is 0 Å². The summed E-state index contributed by atoms with van der Waals surface area (Å²) < 4.78 is 6.48. The maximum Gasteiger partial charge on any atom is 0.248 e. The number of carbonyl (C=O) groups excluding carboxylic acids is 1. The van der Waals surface area contributed by atoms with E-state index in [-0.39, 0.29) is 18.4 Å². The van der Waals surface area contributed by atoms with Crippen LogP contribution >= 0.6 is 0 Å². The van der Waals surface area contributed by atoms with Gasteiger partial charge in [0.2, 0.25) is 11.8 Å². The number of carbonyl (C=O) groups is 1. The molecule has 0 saturated heterocycles. The second-order valence-corrected chi connectivity index (χ2v) is 5.84. The predicted octanol–water partition coefficient (Wildman–Crippen LogP) is 1.22. The number of nitrogens with one attached hydrogen (secondary N) is 1. The maximum absolute atomic E-state index is 11.9. The van der Waals surface area contributed by atoms with Crippen LogP contribution in [0.1, 0.15) is 45.0 Å². The molecule has 1 amide bonds. The molecule has 0 saturated carbocycles. The Balaban J connectivity index is 1.96. The molecular formula is C13H20N6O2. The van der Waals surface area contributed by atoms with Gasteiger partial charge >= 0.3 is 0 Å². The lowest BCUT2D eigenvalue weighted by molar-refractivity contribution is -0.117. The molecule has 21 heavy (non-hydrogen) atoms. The molecule has 0 aliphatic rings. The average Bonchev–Trinajstić information content (AvgIpc) is 2.97. The number of amides is 1. The van der Waals surface area contributed by atoms with Crippen molar-refractivity contribution in [2.45, 2.75) is 45.7 Å². The van der Waals surface area contributed by atoms with Crippen LogP contribution in [0.25, 0.3) is 0 Å². The van der Waals surface area contributed by atoms with Crippen molar-refractivity contribution in [3.63, 3.8) is 0 Å². The number of hydrogen-bond acceptors (Lipinski definition) is 6. The highest BCUT2D eigenvalue weighted by molar-refractivity contribution is 5.89. The molecule has 0 unspecified atom stereocenters. The summed E-state index contributed by atoms with van der Waals surface area (Å²) in [5.41, 5.74) is 6.74. The first-order valence-corrected chi connectivity index (χ1v) is 6.71. The molecule has 3 N–H and O–H groups in total. The van der Waals surface area contributed by atoms with Gasteiger partial charge in [-0.2, -0.15) is 0 Å². The van der Waals surface area contributed by atoms with Gasteiger partial charge in [0.1, 0.15) is 12.2 Å². The Morgan fingerprint density at radius 3 is 2.76 bits per heavy atom. The third kappa shape index (κ3) is 3.88. The summed E-state index contributed by atoms with van der Waals surface area (Å²) in [5, 5.41) is 14.3. The monoisotopic (exact) mass is 292 g/mol. The van der Waals surface area contributed by atoms with E-state index in [1.165, 1.54) is 4.68 Å². The van der Waals surface area contributed by atoms with Crippen LogP contribution in [-0.4, -0.2) is 26.1 Å². The molecule has 2 aromatic heterocycles. The quantitative estimate of drug-likeness (QED) is 0.857. The molecule has 2 aromatic rings. The Morgan fingerprint density at radius 1 is 1.52 bits per heavy atom. The molecule has 0 spiro atoms. The zero-order valence-corrected chi connectivity index (χ0v) is 12.6. The molecule has 0 fully saturated rings. The van der Waals surface area contributed by atoms with E-state index < -0.39 is 5.54 Å². The first-order chi connectivity index (χ1) is 9.75. The van der Waals surface area contributed by atoms with Crippen molar-refractivity contribution in [1.29, 1.82) is 0 Å². The number of nitrogens with two attached hydrogens (primary N) is 1. The van der Waals surface area contributed by atoms with Crippen LogP contribution in [0.3, 0.4) is 0 Å². The van der Waals surface area contributed by atoms with Crippen LogP contribution in [-0.2, 0) is 16.9 Å². The van der Waals surface area contributed by atoms with Crippen molar-refractivity contribution in [2.24, 2.45) is 5.73 Å². The fourth-order valence-electron chi connectivity index (χ4n) is 1.61. The number of aromatic nitrogens is 4. The number of rotatable bonds is 5. The SMILES string of the molecule is CC(C)c1cc(NC(=O)Cn2cc(C(C)(C)N)nn2)on1. The lowest BCUT2D eigenvalue weighted by Crippen LogP contribution is -2.29. The summed E-state index contributed by atoms with van der Waals surface area (Å²) >= 11 is 0. The lowest BCUT2D eigenvalue weighted by atomic mass is 10.0. The van der Waals surface area contributed by atoms with Gasteiger partial charge in [0, 0.05) is 6.07 Å². The molecule has 0 aliphatic heterocycles. The van der Waals surface area contributed by atoms with Crippen LogP contribution in [0.2, 0.25) is 0 Å². The number of anilines is 1. The second kappa shape index (κ2) is 5.65. The first-order valence-electron chi connectivity index (χ1n) is 6.71. The maximum atomic E-state index is 11.9. The summed E-state index contributed by atoms with van der Waals surface area (Å²) in [6.07, 6.45) is 1.65. The molecule has 0 aliphatic carbocycles. The zero-order chi connectivity index (χ0) is 15.6. The Labute approximate surface area is 122 Å². The van der Waals surface area contributed by atoms with Gasteiger partial charge in [-0.05, 0) is 19.8 Å². The van der Waals surface area contributed by atoms with Gasteiger partial charge in [-0.25, -0.2) is 4.68 Å². The van der Waals surface area contributed by atoms with Gasteiger partial charge in [-0.15, -0.1) is 5.10 Å². The van der Waals surface area contributed by atoms with E-state index in [9.17, 15) is 4.79 Å². The molecule has 0 aromatic carbocycles. The molecule has 0 radical (unpaired) electrons. The summed E-state index contributed by atoms with van der Waals surface area (Å²) in [5.74, 6) is 0.292. The highest BCUT2D eigenvalue weighted by Crippen LogP contribution is 2.17. The van der Waals surface area contributed by atoms with Gasteiger partial charge in [0.15, 0.2) is 0 Å². The molecule has 8 heteroatoms. The molecule has 0 bridgehead atoms. The van der Waals surface area contributed by atoms with E-state index in [0.717, 1.165) is 5.69 Å². The third-order valence-electron chi connectivity index (χ3n) is 2.89. The normalized spacial score (nSPS) is 11.9. The molecule has 2 rings (SSSR count). The van der Waals surface area contributed by atoms with Crippen LogP contribution in [0.15, 0.2) is 16.8 Å². The van der Waals surface area contributed by atoms with Crippen molar-refractivity contribution >= 4 is 11.8 Å². The van der Waals surface area contributed by atoms with Crippen LogP contribution < -0.4 is 11.1 Å². The molecule has 0 atom stereocenters. The number of nitrogens with zero attached hydrogens (tertiary/aromatic N) is 4. The highest BCUT2D eigenvalue weighted by Gasteiger charge is 2.19. The fourth-order valence-corrected chi connectivity index (χ4v) is 1.61. The minimum Gasteiger partial charge on any atom is -0.338 e. The average molecular weight is 292 g/mol. The molecule has 2 heterocycles. The minimum atomic E-state index is -0.591. The van der Waals surface area contributed by atoms with Gasteiger partial charge < -0.3 is 10.3 Å². The third-order valence-corrected chi connectivity index (χ3v) is 2.89. The summed E-state index contributed by atoms with van der Waals surface area (Å²) in [7, 11) is 0. The highest BCUT2D eigenvalue weighted by atomic mass is 16.5. The molecular weight excluding hydrogens is 272 g/mol. The van der Waals surface area contributed by atoms with Crippen molar-refractivity contribution in [2.75, 3.05) is 5.32 Å². The van der Waals surface area contributed by atoms with Crippen molar-refractivity contribution in [3.05, 3.63) is 23.7 Å². The topological polar surface area (TPSA) is 112 Å². The summed E-state index contributed by atoms with van der Waals surface area (Å²) in [6, 6.07) is 1.71. The van der Waals surface area contributed by atoms with E-state index in [1.807, 2.05) is 27.7 Å². The van der Waals surface area contributed by atoms with Crippen molar-refractivity contribution in [1.82, 2.24) is 20.2 Å². The Bertz CT molecular complexity index is 623. The van der Waals surface area contributed by atoms with Crippen molar-refractivity contribution in [3.8, 4) is 0 Å². The van der Waals surface area contributed by atoms with E-state index in [1.54, 1.807) is 12.3 Å². The summed E-state index contributed by atoms with van der Waals surface area (Å²) in [4.78, 5) is 11.9. The van der Waals surface area contributed by atoms with Crippen molar-refractivity contribution < 1.29 is 9.32 Å². The predicted molar refractivity (Wildman–Crippen MR) is 76.5 cm³/mol. The standard InChI is InChI=1S/C13H20N6O2/c1-8(2)9-5-12(21-17-9)15-11(20)7-19-6-10(16-18-19)13(3,4)14/h5-6,8H,7,14H2,1-4H3,(H,15,20). The van der Waals surface area contributed by atoms with Gasteiger partial charge in [-0.1, -0.05) is 24.2 Å². The van der Waals surface area contributed by atoms with Crippen LogP contribution in [0.5, 0.6) is 0 Å². The summed E-state index contributed by atoms with van der Waals surface area (Å²) in [6.45, 7) is 7.66. The lowest BCUT2D eigenvalue weighted by Gasteiger charge is -2.13. The molecule has 8 nitrogen and oxygen atoms in total. The second-order valence-electron chi connectivity index (χ2n) is 5.84. The fraction of sp³-hybridized carbons (Fsp3) is 0.538. The van der Waals surface area contributed by atoms with E-state index in [2.05, 4.69) is 20.8 Å². The van der Waals surface area contributed by atoms with Crippen LogP contribution in [0, 0.1) is 0 Å². The minimum absolute atomic E-state index is 0.0286. The Morgan fingerprint density at radius 2 is 2.24 bits per heavy atom. The Hall–Kier alpha value is -2.22. The van der Waals surface area contributed by atoms with Gasteiger partial charge in [0.05, 0.1) is 17.4 Å².